The maximum Gasteiger partial charge on any atom is 0.243 e. The Morgan fingerprint density at radius 3 is 2.22 bits per heavy atom. The Morgan fingerprint density at radius 1 is 1.03 bits per heavy atom. The van der Waals surface area contributed by atoms with E-state index in [4.69, 9.17) is 14.2 Å². The lowest BCUT2D eigenvalue weighted by molar-refractivity contribution is 0.0949. The predicted molar refractivity (Wildman–Crippen MR) is 139 cm³/mol. The Kier molecular flexibility index (Phi) is 7.71. The lowest BCUT2D eigenvalue weighted by Gasteiger charge is -2.22. The van der Waals surface area contributed by atoms with Crippen molar-refractivity contribution in [2.24, 2.45) is 0 Å². The highest BCUT2D eigenvalue weighted by molar-refractivity contribution is 7.93. The number of nitrogens with one attached hydrogen (secondary N) is 1. The van der Waals surface area contributed by atoms with Crippen LogP contribution in [0.4, 0.5) is 5.95 Å². The highest BCUT2D eigenvalue weighted by Gasteiger charge is 2.35. The van der Waals surface area contributed by atoms with E-state index < -0.39 is 21.4 Å². The summed E-state index contributed by atoms with van der Waals surface area (Å²) in [5.74, 6) is 1.33. The number of hydrogen-bond donors (Lipinski definition) is 1. The molecule has 0 radical (unpaired) electrons. The third-order valence-electron chi connectivity index (χ3n) is 5.56. The second kappa shape index (κ2) is 10.8. The number of para-hydroxylation sites is 1. The zero-order chi connectivity index (χ0) is 26.7. The largest absolute Gasteiger partial charge is 0.494 e. The fourth-order valence-electron chi connectivity index (χ4n) is 3.65. The molecule has 2 atom stereocenters. The quantitative estimate of drug-likeness (QED) is 0.315. The zero-order valence-electron chi connectivity index (χ0n) is 21.2. The Bertz CT molecular complexity index is 1460. The van der Waals surface area contributed by atoms with Crippen molar-refractivity contribution in [3.8, 4) is 28.0 Å². The lowest BCUT2D eigenvalue weighted by atomic mass is 10.2. The molecular weight excluding hydrogens is 518 g/mol. The van der Waals surface area contributed by atoms with Gasteiger partial charge in [0.15, 0.2) is 16.7 Å². The average Bonchev–Trinajstić information content (AvgIpc) is 3.50. The number of ether oxygens (including phenoxy) is 3. The van der Waals surface area contributed by atoms with Crippen LogP contribution in [0.1, 0.15) is 30.1 Å². The first-order valence-electron chi connectivity index (χ1n) is 11.1. The molecule has 0 aliphatic heterocycles. The molecule has 0 saturated carbocycles. The highest BCUT2D eigenvalue weighted by Crippen LogP contribution is 2.38. The van der Waals surface area contributed by atoms with Crippen LogP contribution in [0.15, 0.2) is 36.0 Å². The molecule has 4 aromatic rings. The summed E-state index contributed by atoms with van der Waals surface area (Å²) in [5.41, 5.74) is 2.05. The van der Waals surface area contributed by atoms with E-state index in [0.29, 0.717) is 28.0 Å². The summed E-state index contributed by atoms with van der Waals surface area (Å²) in [6.45, 7) is 5.21. The Labute approximate surface area is 218 Å². The molecule has 14 heteroatoms. The molecule has 12 nitrogen and oxygen atoms in total. The molecule has 37 heavy (non-hydrogen) atoms. The van der Waals surface area contributed by atoms with Gasteiger partial charge in [0.05, 0.1) is 14.2 Å². The van der Waals surface area contributed by atoms with Crippen LogP contribution >= 0.6 is 11.3 Å². The number of aromatic nitrogens is 6. The Hall–Kier alpha value is -3.62. The normalized spacial score (nSPS) is 13.2. The summed E-state index contributed by atoms with van der Waals surface area (Å²) >= 11 is 1.35. The van der Waals surface area contributed by atoms with Gasteiger partial charge in [-0.3, -0.25) is 9.29 Å². The van der Waals surface area contributed by atoms with Crippen molar-refractivity contribution in [2.45, 2.75) is 32.1 Å². The SMILES string of the molecule is COc1cccc(OC)c1-n1c(NS(=O)(=O)[C@@H](C)[C@H](OC)c2ncc(C)cn2)nnc1-c1nc(C)cs1. The first-order chi connectivity index (χ1) is 17.7. The van der Waals surface area contributed by atoms with Gasteiger partial charge in [-0.05, 0) is 38.5 Å². The highest BCUT2D eigenvalue weighted by atomic mass is 32.2. The summed E-state index contributed by atoms with van der Waals surface area (Å²) < 4.78 is 47.9. The van der Waals surface area contributed by atoms with Crippen molar-refractivity contribution in [2.75, 3.05) is 26.1 Å². The number of methoxy groups -OCH3 is 3. The second-order valence-electron chi connectivity index (χ2n) is 8.11. The van der Waals surface area contributed by atoms with Gasteiger partial charge < -0.3 is 14.2 Å². The van der Waals surface area contributed by atoms with E-state index in [1.165, 1.54) is 44.2 Å². The Balaban J connectivity index is 1.82. The number of anilines is 1. The van der Waals surface area contributed by atoms with Crippen LogP contribution in [0, 0.1) is 13.8 Å². The van der Waals surface area contributed by atoms with Crippen LogP contribution < -0.4 is 14.2 Å². The van der Waals surface area contributed by atoms with Crippen molar-refractivity contribution >= 4 is 27.3 Å². The second-order valence-corrected chi connectivity index (χ2v) is 11.0. The molecule has 0 amide bonds. The van der Waals surface area contributed by atoms with E-state index in [1.807, 2.05) is 19.2 Å². The van der Waals surface area contributed by atoms with E-state index in [-0.39, 0.29) is 11.8 Å². The number of hydrogen-bond acceptors (Lipinski definition) is 11. The zero-order valence-corrected chi connectivity index (χ0v) is 22.8. The third kappa shape index (κ3) is 5.26. The third-order valence-corrected chi connectivity index (χ3v) is 8.21. The van der Waals surface area contributed by atoms with Crippen LogP contribution in [0.2, 0.25) is 0 Å². The molecule has 0 spiro atoms. The van der Waals surface area contributed by atoms with Gasteiger partial charge in [-0.25, -0.2) is 23.4 Å². The van der Waals surface area contributed by atoms with Crippen LogP contribution in [-0.2, 0) is 14.8 Å². The molecule has 0 bridgehead atoms. The molecule has 1 aromatic carbocycles. The van der Waals surface area contributed by atoms with E-state index >= 15 is 0 Å². The van der Waals surface area contributed by atoms with Crippen LogP contribution in [-0.4, -0.2) is 64.7 Å². The number of thiazole rings is 1. The van der Waals surface area contributed by atoms with Crippen molar-refractivity contribution in [3.05, 3.63) is 53.1 Å². The number of aryl methyl sites for hydroxylation is 2. The summed E-state index contributed by atoms with van der Waals surface area (Å²) in [6, 6.07) is 5.21. The smallest absolute Gasteiger partial charge is 0.243 e. The fraction of sp³-hybridized carbons (Fsp3) is 0.348. The maximum absolute atomic E-state index is 13.6. The molecule has 3 aromatic heterocycles. The Morgan fingerprint density at radius 2 is 1.68 bits per heavy atom. The van der Waals surface area contributed by atoms with Gasteiger partial charge >= 0.3 is 0 Å². The van der Waals surface area contributed by atoms with Crippen molar-refractivity contribution in [1.29, 1.82) is 0 Å². The summed E-state index contributed by atoms with van der Waals surface area (Å²) in [5, 5.41) is 9.76. The molecule has 0 unspecified atom stereocenters. The van der Waals surface area contributed by atoms with Gasteiger partial charge in [0, 0.05) is 30.6 Å². The van der Waals surface area contributed by atoms with Crippen LogP contribution in [0.3, 0.4) is 0 Å². The standard InChI is InChI=1S/C23H27N7O5S2/c1-13-10-24-20(25-11-13)19(35-6)15(3)37(31,32)29-23-28-27-21(22-26-14(2)12-36-22)30(23)18-16(33-4)8-7-9-17(18)34-5/h7-12,15,19H,1-6H3,(H,28,29)/t15-,19-/m0/s1. The van der Waals surface area contributed by atoms with Gasteiger partial charge in [0.25, 0.3) is 0 Å². The summed E-state index contributed by atoms with van der Waals surface area (Å²) in [6.07, 6.45) is 2.28. The van der Waals surface area contributed by atoms with Crippen molar-refractivity contribution < 1.29 is 22.6 Å². The number of nitrogens with zero attached hydrogens (tertiary/aromatic N) is 6. The van der Waals surface area contributed by atoms with Gasteiger partial charge in [-0.1, -0.05) is 6.07 Å². The molecule has 3 heterocycles. The molecule has 0 saturated heterocycles. The molecule has 196 valence electrons. The number of sulfonamides is 1. The van der Waals surface area contributed by atoms with Gasteiger partial charge in [0.1, 0.15) is 28.5 Å². The minimum Gasteiger partial charge on any atom is -0.494 e. The fourth-order valence-corrected chi connectivity index (χ4v) is 5.55. The molecule has 0 aliphatic carbocycles. The van der Waals surface area contributed by atoms with E-state index in [9.17, 15) is 8.42 Å². The summed E-state index contributed by atoms with van der Waals surface area (Å²) in [4.78, 5) is 13.0. The van der Waals surface area contributed by atoms with E-state index in [0.717, 1.165) is 11.3 Å². The first kappa shape index (κ1) is 26.4. The predicted octanol–water partition coefficient (Wildman–Crippen LogP) is 3.33. The summed E-state index contributed by atoms with van der Waals surface area (Å²) in [7, 11) is 0.327. The monoisotopic (exact) mass is 545 g/mol. The van der Waals surface area contributed by atoms with Gasteiger partial charge in [0.2, 0.25) is 16.0 Å². The van der Waals surface area contributed by atoms with Crippen LogP contribution in [0.25, 0.3) is 16.5 Å². The van der Waals surface area contributed by atoms with Gasteiger partial charge in [-0.2, -0.15) is 0 Å². The number of benzene rings is 1. The topological polar surface area (TPSA) is 143 Å². The maximum atomic E-state index is 13.6. The molecule has 0 fully saturated rings. The number of rotatable bonds is 10. The van der Waals surface area contributed by atoms with Crippen LogP contribution in [0.5, 0.6) is 11.5 Å². The first-order valence-corrected chi connectivity index (χ1v) is 13.5. The minimum absolute atomic E-state index is 0.0721. The molecular formula is C23H27N7O5S2. The minimum atomic E-state index is -4.09. The lowest BCUT2D eigenvalue weighted by Crippen LogP contribution is -2.33. The van der Waals surface area contributed by atoms with E-state index in [1.54, 1.807) is 30.6 Å². The van der Waals surface area contributed by atoms with E-state index in [2.05, 4.69) is 29.9 Å². The van der Waals surface area contributed by atoms with Gasteiger partial charge in [-0.15, -0.1) is 21.5 Å². The van der Waals surface area contributed by atoms with Crippen molar-refractivity contribution in [3.63, 3.8) is 0 Å². The van der Waals surface area contributed by atoms with Crippen molar-refractivity contribution in [1.82, 2.24) is 29.7 Å². The molecule has 1 N–H and O–H groups in total. The average molecular weight is 546 g/mol. The molecule has 0 aliphatic rings. The molecule has 4 rings (SSSR count).